The molecule has 16 heavy (non-hydrogen) atoms. The van der Waals surface area contributed by atoms with Crippen molar-refractivity contribution in [2.45, 2.75) is 47.1 Å². The van der Waals surface area contributed by atoms with Crippen molar-refractivity contribution in [1.29, 1.82) is 0 Å². The first-order valence-corrected chi connectivity index (χ1v) is 6.32. The predicted octanol–water partition coefficient (Wildman–Crippen LogP) is 4.81. The van der Waals surface area contributed by atoms with Gasteiger partial charge in [-0.25, -0.2) is 0 Å². The minimum absolute atomic E-state index is 0.542. The Bertz CT molecular complexity index is 438. The highest BCUT2D eigenvalue weighted by Crippen LogP contribution is 2.21. The summed E-state index contributed by atoms with van der Waals surface area (Å²) >= 11 is 0. The molecule has 0 radical (unpaired) electrons. The van der Waals surface area contributed by atoms with Crippen LogP contribution in [-0.2, 0) is 6.42 Å². The van der Waals surface area contributed by atoms with Crippen molar-refractivity contribution in [1.82, 2.24) is 4.57 Å². The summed E-state index contributed by atoms with van der Waals surface area (Å²) in [4.78, 5) is 0. The van der Waals surface area contributed by atoms with Crippen molar-refractivity contribution in [3.63, 3.8) is 0 Å². The highest BCUT2D eigenvalue weighted by Gasteiger charge is 2.03. The van der Waals surface area contributed by atoms with Gasteiger partial charge in [0, 0.05) is 17.8 Å². The largest absolute Gasteiger partial charge is 0.345 e. The Hall–Kier alpha value is -1.24. The van der Waals surface area contributed by atoms with E-state index >= 15 is 0 Å². The predicted molar refractivity (Wildman–Crippen MR) is 73.0 cm³/mol. The van der Waals surface area contributed by atoms with Crippen molar-refractivity contribution in [2.75, 3.05) is 0 Å². The van der Waals surface area contributed by atoms with Crippen LogP contribution in [0.5, 0.6) is 0 Å². The van der Waals surface area contributed by atoms with Gasteiger partial charge in [-0.1, -0.05) is 26.8 Å². The van der Waals surface area contributed by atoms with Crippen LogP contribution in [0.4, 0.5) is 0 Å². The van der Waals surface area contributed by atoms with Gasteiger partial charge in [-0.05, 0) is 49.4 Å². The summed E-state index contributed by atoms with van der Waals surface area (Å²) in [7, 11) is 0. The maximum atomic E-state index is 2.31. The summed E-state index contributed by atoms with van der Waals surface area (Å²) in [6.07, 6.45) is 3.29. The van der Waals surface area contributed by atoms with E-state index in [0.29, 0.717) is 6.04 Å². The van der Waals surface area contributed by atoms with Gasteiger partial charge in [0.15, 0.2) is 0 Å². The first-order chi connectivity index (χ1) is 7.72. The number of hydrogen-bond donors (Lipinski definition) is 0. The fourth-order valence-corrected chi connectivity index (χ4v) is 1.88. The molecule has 0 spiro atoms. The molecule has 0 amide bonds. The van der Waals surface area contributed by atoms with Gasteiger partial charge < -0.3 is 4.57 Å². The zero-order valence-corrected chi connectivity index (χ0v) is 11.1. The molecule has 0 aliphatic rings. The van der Waals surface area contributed by atoms with Crippen molar-refractivity contribution in [3.8, 4) is 0 Å². The lowest BCUT2D eigenvalue weighted by atomic mass is 10.1. The lowest BCUT2D eigenvalue weighted by Gasteiger charge is -2.09. The van der Waals surface area contributed by atoms with Crippen LogP contribution in [0.15, 0.2) is 30.5 Å². The second-order valence-corrected chi connectivity index (χ2v) is 4.06. The third kappa shape index (κ3) is 2.46. The number of rotatable bonds is 2. The molecular weight excluding hydrogens is 194 g/mol. The van der Waals surface area contributed by atoms with Crippen molar-refractivity contribution < 1.29 is 0 Å². The molecule has 1 nitrogen and oxygen atoms in total. The Balaban J connectivity index is 0.000000606. The summed E-state index contributed by atoms with van der Waals surface area (Å²) in [5.74, 6) is 0. The first-order valence-electron chi connectivity index (χ1n) is 6.32. The normalized spacial score (nSPS) is 10.4. The molecular formula is C15H23N. The highest BCUT2D eigenvalue weighted by molar-refractivity contribution is 5.81. The summed E-state index contributed by atoms with van der Waals surface area (Å²) in [5, 5.41) is 1.36. The van der Waals surface area contributed by atoms with Crippen LogP contribution in [0.2, 0.25) is 0 Å². The molecule has 2 rings (SSSR count). The van der Waals surface area contributed by atoms with Gasteiger partial charge in [0.1, 0.15) is 0 Å². The van der Waals surface area contributed by atoms with Crippen molar-refractivity contribution >= 4 is 10.9 Å². The molecule has 0 bridgehead atoms. The van der Waals surface area contributed by atoms with Crippen LogP contribution in [0.25, 0.3) is 10.9 Å². The van der Waals surface area contributed by atoms with E-state index in [0.717, 1.165) is 6.42 Å². The number of nitrogens with zero attached hydrogens (tertiary/aromatic N) is 1. The molecule has 1 aromatic heterocycles. The van der Waals surface area contributed by atoms with Crippen LogP contribution in [0.3, 0.4) is 0 Å². The van der Waals surface area contributed by atoms with Gasteiger partial charge in [-0.3, -0.25) is 0 Å². The molecule has 2 aromatic rings. The standard InChI is InChI=1S/C13H17N.C2H6/c1-4-11-5-6-13-12(9-11)7-8-14(13)10(2)3;1-2/h5-10H,4H2,1-3H3;1-2H3. The van der Waals surface area contributed by atoms with Crippen molar-refractivity contribution in [2.24, 2.45) is 0 Å². The molecule has 0 saturated heterocycles. The Kier molecular flexibility index (Phi) is 4.60. The summed E-state index contributed by atoms with van der Waals surface area (Å²) in [5.41, 5.74) is 2.76. The average Bonchev–Trinajstić information content (AvgIpc) is 2.74. The Morgan fingerprint density at radius 2 is 1.81 bits per heavy atom. The quantitative estimate of drug-likeness (QED) is 0.680. The van der Waals surface area contributed by atoms with Gasteiger partial charge in [0.05, 0.1) is 0 Å². The van der Waals surface area contributed by atoms with Gasteiger partial charge in [0.25, 0.3) is 0 Å². The maximum Gasteiger partial charge on any atom is 0.0482 e. The Morgan fingerprint density at radius 3 is 2.38 bits per heavy atom. The zero-order chi connectivity index (χ0) is 12.1. The summed E-state index contributed by atoms with van der Waals surface area (Å²) in [6.45, 7) is 10.6. The molecule has 0 unspecified atom stereocenters. The van der Waals surface area contributed by atoms with E-state index in [-0.39, 0.29) is 0 Å². The van der Waals surface area contributed by atoms with Crippen LogP contribution in [0, 0.1) is 0 Å². The topological polar surface area (TPSA) is 4.93 Å². The van der Waals surface area contributed by atoms with Crippen molar-refractivity contribution in [3.05, 3.63) is 36.0 Å². The Morgan fingerprint density at radius 1 is 1.12 bits per heavy atom. The van der Waals surface area contributed by atoms with E-state index in [1.807, 2.05) is 13.8 Å². The monoisotopic (exact) mass is 217 g/mol. The molecule has 0 fully saturated rings. The molecule has 0 atom stereocenters. The maximum absolute atomic E-state index is 2.31. The minimum atomic E-state index is 0.542. The molecule has 0 aliphatic heterocycles. The highest BCUT2D eigenvalue weighted by atomic mass is 15.0. The van der Waals surface area contributed by atoms with E-state index in [2.05, 4.69) is 55.8 Å². The third-order valence-electron chi connectivity index (χ3n) is 2.75. The van der Waals surface area contributed by atoms with E-state index in [1.165, 1.54) is 16.5 Å². The number of fused-ring (bicyclic) bond motifs is 1. The van der Waals surface area contributed by atoms with Crippen LogP contribution in [0.1, 0.15) is 46.2 Å². The number of aromatic nitrogens is 1. The molecule has 1 aromatic carbocycles. The van der Waals surface area contributed by atoms with Gasteiger partial charge in [-0.2, -0.15) is 0 Å². The minimum Gasteiger partial charge on any atom is -0.345 e. The molecule has 0 saturated carbocycles. The van der Waals surface area contributed by atoms with Gasteiger partial charge in [-0.15, -0.1) is 0 Å². The van der Waals surface area contributed by atoms with E-state index in [4.69, 9.17) is 0 Å². The van der Waals surface area contributed by atoms with E-state index in [9.17, 15) is 0 Å². The van der Waals surface area contributed by atoms with Gasteiger partial charge in [0.2, 0.25) is 0 Å². The molecule has 1 heterocycles. The fraction of sp³-hybridized carbons (Fsp3) is 0.467. The van der Waals surface area contributed by atoms with Crippen LogP contribution < -0.4 is 0 Å². The lowest BCUT2D eigenvalue weighted by Crippen LogP contribution is -1.97. The number of benzene rings is 1. The zero-order valence-electron chi connectivity index (χ0n) is 11.1. The SMILES string of the molecule is CC.CCc1ccc2c(ccn2C(C)C)c1. The fourth-order valence-electron chi connectivity index (χ4n) is 1.88. The lowest BCUT2D eigenvalue weighted by molar-refractivity contribution is 0.623. The van der Waals surface area contributed by atoms with Gasteiger partial charge >= 0.3 is 0 Å². The third-order valence-corrected chi connectivity index (χ3v) is 2.75. The number of hydrogen-bond acceptors (Lipinski definition) is 0. The van der Waals surface area contributed by atoms with E-state index in [1.54, 1.807) is 0 Å². The average molecular weight is 217 g/mol. The van der Waals surface area contributed by atoms with E-state index < -0.39 is 0 Å². The second-order valence-electron chi connectivity index (χ2n) is 4.06. The second kappa shape index (κ2) is 5.74. The summed E-state index contributed by atoms with van der Waals surface area (Å²) in [6, 6.07) is 9.48. The molecule has 0 N–H and O–H groups in total. The molecule has 88 valence electrons. The molecule has 0 aliphatic carbocycles. The smallest absolute Gasteiger partial charge is 0.0482 e. The first kappa shape index (κ1) is 12.8. The van der Waals surface area contributed by atoms with Crippen LogP contribution >= 0.6 is 0 Å². The van der Waals surface area contributed by atoms with Crippen LogP contribution in [-0.4, -0.2) is 4.57 Å². The summed E-state index contributed by atoms with van der Waals surface area (Å²) < 4.78 is 2.31. The Labute approximate surface area is 99.1 Å². The molecule has 1 heteroatoms. The number of aryl methyl sites for hydroxylation is 1.